The van der Waals surface area contributed by atoms with Gasteiger partial charge in [0.2, 0.25) is 0 Å². The summed E-state index contributed by atoms with van der Waals surface area (Å²) < 4.78 is 13.7. The normalized spacial score (nSPS) is 15.9. The average Bonchev–Trinajstić information content (AvgIpc) is 2.14. The zero-order valence-electron chi connectivity index (χ0n) is 10.3. The second-order valence-corrected chi connectivity index (χ2v) is 5.36. The highest BCUT2D eigenvalue weighted by atomic mass is 19.1. The summed E-state index contributed by atoms with van der Waals surface area (Å²) in [5.41, 5.74) is 6.74. The predicted octanol–water partition coefficient (Wildman–Crippen LogP) is 2.54. The van der Waals surface area contributed by atoms with Gasteiger partial charge in [0.1, 0.15) is 5.82 Å². The van der Waals surface area contributed by atoms with Gasteiger partial charge in [-0.1, -0.05) is 32.9 Å². The van der Waals surface area contributed by atoms with Crippen LogP contribution in [0.3, 0.4) is 0 Å². The fourth-order valence-corrected chi connectivity index (χ4v) is 1.61. The van der Waals surface area contributed by atoms with E-state index in [1.807, 2.05) is 27.7 Å². The molecule has 3 heteroatoms. The number of hydrogen-bond acceptors (Lipinski definition) is 2. The van der Waals surface area contributed by atoms with E-state index in [1.54, 1.807) is 12.1 Å². The summed E-state index contributed by atoms with van der Waals surface area (Å²) in [5, 5.41) is 10.0. The Morgan fingerprint density at radius 3 is 2.31 bits per heavy atom. The molecule has 0 fully saturated rings. The smallest absolute Gasteiger partial charge is 0.128 e. The van der Waals surface area contributed by atoms with Crippen LogP contribution >= 0.6 is 0 Å². The molecule has 2 nitrogen and oxygen atoms in total. The van der Waals surface area contributed by atoms with Crippen LogP contribution in [0.5, 0.6) is 0 Å². The highest BCUT2D eigenvalue weighted by Crippen LogP contribution is 2.29. The zero-order chi connectivity index (χ0) is 12.5. The highest BCUT2D eigenvalue weighted by molar-refractivity contribution is 5.27. The van der Waals surface area contributed by atoms with Crippen LogP contribution in [0.2, 0.25) is 0 Å². The van der Waals surface area contributed by atoms with E-state index in [9.17, 15) is 9.50 Å². The molecule has 0 saturated heterocycles. The van der Waals surface area contributed by atoms with Crippen molar-refractivity contribution in [2.75, 3.05) is 0 Å². The Morgan fingerprint density at radius 2 is 1.88 bits per heavy atom. The average molecular weight is 225 g/mol. The standard InChI is InChI=1S/C13H20FNO/c1-8-5-6-9(10(14)7-8)11(15)12(16)13(2,3)4/h5-7,11-12,16H,15H2,1-4H3/t11-,12-/m1/s1. The van der Waals surface area contributed by atoms with E-state index in [1.165, 1.54) is 6.07 Å². The Bertz CT molecular complexity index is 371. The number of aliphatic hydroxyl groups is 1. The lowest BCUT2D eigenvalue weighted by atomic mass is 9.82. The maximum absolute atomic E-state index is 13.7. The molecule has 1 aromatic carbocycles. The summed E-state index contributed by atoms with van der Waals surface area (Å²) in [5.74, 6) is -0.351. The first-order chi connectivity index (χ1) is 7.23. The summed E-state index contributed by atoms with van der Waals surface area (Å²) in [7, 11) is 0. The summed E-state index contributed by atoms with van der Waals surface area (Å²) in [6.45, 7) is 7.45. The fraction of sp³-hybridized carbons (Fsp3) is 0.538. The van der Waals surface area contributed by atoms with Crippen LogP contribution in [0, 0.1) is 18.2 Å². The number of rotatable bonds is 2. The van der Waals surface area contributed by atoms with Crippen LogP contribution in [-0.4, -0.2) is 11.2 Å². The van der Waals surface area contributed by atoms with E-state index in [0.29, 0.717) is 5.56 Å². The van der Waals surface area contributed by atoms with Crippen molar-refractivity contribution in [3.05, 3.63) is 35.1 Å². The molecular weight excluding hydrogens is 205 g/mol. The van der Waals surface area contributed by atoms with Crippen molar-refractivity contribution in [2.24, 2.45) is 11.1 Å². The lowest BCUT2D eigenvalue weighted by Crippen LogP contribution is -2.37. The minimum absolute atomic E-state index is 0.351. The molecule has 0 aliphatic rings. The summed E-state index contributed by atoms with van der Waals surface area (Å²) >= 11 is 0. The molecule has 0 aromatic heterocycles. The van der Waals surface area contributed by atoms with Gasteiger partial charge in [-0.3, -0.25) is 0 Å². The van der Waals surface area contributed by atoms with E-state index >= 15 is 0 Å². The Balaban J connectivity index is 3.01. The molecule has 2 atom stereocenters. The summed E-state index contributed by atoms with van der Waals surface area (Å²) in [6.07, 6.45) is -0.773. The van der Waals surface area contributed by atoms with Crippen molar-refractivity contribution in [3.8, 4) is 0 Å². The quantitative estimate of drug-likeness (QED) is 0.812. The molecule has 0 heterocycles. The van der Waals surface area contributed by atoms with Crippen LogP contribution < -0.4 is 5.73 Å². The topological polar surface area (TPSA) is 46.2 Å². The Morgan fingerprint density at radius 1 is 1.31 bits per heavy atom. The number of aliphatic hydroxyl groups excluding tert-OH is 1. The largest absolute Gasteiger partial charge is 0.391 e. The molecule has 0 amide bonds. The molecule has 1 aromatic rings. The minimum atomic E-state index is -0.773. The lowest BCUT2D eigenvalue weighted by Gasteiger charge is -2.31. The Kier molecular flexibility index (Phi) is 3.71. The van der Waals surface area contributed by atoms with Gasteiger partial charge in [0, 0.05) is 5.56 Å². The van der Waals surface area contributed by atoms with Crippen LogP contribution in [0.25, 0.3) is 0 Å². The van der Waals surface area contributed by atoms with Gasteiger partial charge in [-0.2, -0.15) is 0 Å². The molecule has 0 bridgehead atoms. The molecule has 0 spiro atoms. The highest BCUT2D eigenvalue weighted by Gasteiger charge is 2.30. The molecule has 1 rings (SSSR count). The number of aryl methyl sites for hydroxylation is 1. The maximum atomic E-state index is 13.7. The van der Waals surface area contributed by atoms with E-state index in [2.05, 4.69) is 0 Å². The van der Waals surface area contributed by atoms with E-state index in [0.717, 1.165) is 5.56 Å². The first kappa shape index (κ1) is 13.1. The number of halogens is 1. The Labute approximate surface area is 96.3 Å². The third kappa shape index (κ3) is 2.80. The zero-order valence-corrected chi connectivity index (χ0v) is 10.3. The molecule has 0 aliphatic heterocycles. The maximum Gasteiger partial charge on any atom is 0.128 e. The first-order valence-electron chi connectivity index (χ1n) is 5.43. The summed E-state index contributed by atoms with van der Waals surface area (Å²) in [6, 6.07) is 4.18. The Hall–Kier alpha value is -0.930. The van der Waals surface area contributed by atoms with E-state index < -0.39 is 12.1 Å². The molecule has 0 saturated carbocycles. The van der Waals surface area contributed by atoms with E-state index in [-0.39, 0.29) is 11.2 Å². The molecule has 16 heavy (non-hydrogen) atoms. The number of benzene rings is 1. The first-order valence-corrected chi connectivity index (χ1v) is 5.43. The van der Waals surface area contributed by atoms with Crippen molar-refractivity contribution in [2.45, 2.75) is 39.8 Å². The molecule has 0 unspecified atom stereocenters. The van der Waals surface area contributed by atoms with Crippen LogP contribution in [0.4, 0.5) is 4.39 Å². The number of nitrogens with two attached hydrogens (primary N) is 1. The fourth-order valence-electron chi connectivity index (χ4n) is 1.61. The van der Waals surface area contributed by atoms with Crippen LogP contribution in [-0.2, 0) is 0 Å². The van der Waals surface area contributed by atoms with Crippen molar-refractivity contribution in [3.63, 3.8) is 0 Å². The van der Waals surface area contributed by atoms with Crippen molar-refractivity contribution in [1.82, 2.24) is 0 Å². The molecule has 3 N–H and O–H groups in total. The van der Waals surface area contributed by atoms with Gasteiger partial charge in [-0.25, -0.2) is 4.39 Å². The predicted molar refractivity (Wildman–Crippen MR) is 63.5 cm³/mol. The van der Waals surface area contributed by atoms with Crippen molar-refractivity contribution >= 4 is 0 Å². The van der Waals surface area contributed by atoms with Crippen molar-refractivity contribution < 1.29 is 9.50 Å². The SMILES string of the molecule is Cc1ccc([C@@H](N)[C@@H](O)C(C)(C)C)c(F)c1. The van der Waals surface area contributed by atoms with Crippen LogP contribution in [0.15, 0.2) is 18.2 Å². The molecule has 0 radical (unpaired) electrons. The van der Waals surface area contributed by atoms with Gasteiger partial charge in [0.05, 0.1) is 12.1 Å². The minimum Gasteiger partial charge on any atom is -0.391 e. The molecule has 90 valence electrons. The second-order valence-electron chi connectivity index (χ2n) is 5.36. The van der Waals surface area contributed by atoms with Gasteiger partial charge in [0.15, 0.2) is 0 Å². The summed E-state index contributed by atoms with van der Waals surface area (Å²) in [4.78, 5) is 0. The molecular formula is C13H20FNO. The third-order valence-electron chi connectivity index (χ3n) is 2.74. The van der Waals surface area contributed by atoms with Gasteiger partial charge < -0.3 is 10.8 Å². The van der Waals surface area contributed by atoms with Gasteiger partial charge in [0.25, 0.3) is 0 Å². The van der Waals surface area contributed by atoms with Crippen molar-refractivity contribution in [1.29, 1.82) is 0 Å². The van der Waals surface area contributed by atoms with Gasteiger partial charge >= 0.3 is 0 Å². The number of hydrogen-bond donors (Lipinski definition) is 2. The lowest BCUT2D eigenvalue weighted by molar-refractivity contribution is 0.0391. The third-order valence-corrected chi connectivity index (χ3v) is 2.74. The second kappa shape index (κ2) is 4.52. The van der Waals surface area contributed by atoms with Crippen LogP contribution in [0.1, 0.15) is 37.9 Å². The van der Waals surface area contributed by atoms with Gasteiger partial charge in [-0.15, -0.1) is 0 Å². The monoisotopic (exact) mass is 225 g/mol. The van der Waals surface area contributed by atoms with Gasteiger partial charge in [-0.05, 0) is 24.0 Å². The van der Waals surface area contributed by atoms with E-state index in [4.69, 9.17) is 5.73 Å². The molecule has 0 aliphatic carbocycles.